The van der Waals surface area contributed by atoms with Crippen LogP contribution in [-0.4, -0.2) is 22.0 Å². The molecule has 0 aliphatic carbocycles. The highest BCUT2D eigenvalue weighted by Gasteiger charge is 2.31. The van der Waals surface area contributed by atoms with Gasteiger partial charge in [-0.25, -0.2) is 0 Å². The Morgan fingerprint density at radius 1 is 1.44 bits per heavy atom. The maximum Gasteiger partial charge on any atom is 0.0544 e. The fourth-order valence-electron chi connectivity index (χ4n) is 2.32. The van der Waals surface area contributed by atoms with E-state index >= 15 is 0 Å². The van der Waals surface area contributed by atoms with Crippen molar-refractivity contribution in [2.75, 3.05) is 6.54 Å². The molecule has 2 N–H and O–H groups in total. The molecule has 1 fully saturated rings. The van der Waals surface area contributed by atoms with E-state index in [1.165, 1.54) is 19.4 Å². The smallest absolute Gasteiger partial charge is 0.0544 e. The molecule has 0 aromatic carbocycles. The summed E-state index contributed by atoms with van der Waals surface area (Å²) in [6.45, 7) is 7.34. The zero-order valence-corrected chi connectivity index (χ0v) is 10.2. The summed E-state index contributed by atoms with van der Waals surface area (Å²) >= 11 is 0. The first-order valence-corrected chi connectivity index (χ1v) is 6.01. The molecule has 2 rings (SSSR count). The maximum absolute atomic E-state index is 5.56. The van der Waals surface area contributed by atoms with Crippen molar-refractivity contribution in [2.24, 2.45) is 5.73 Å². The topological polar surface area (TPSA) is 42.1 Å². The quantitative estimate of drug-likeness (QED) is 0.844. The highest BCUT2D eigenvalue weighted by Crippen LogP contribution is 2.29. The van der Waals surface area contributed by atoms with Crippen LogP contribution in [0.1, 0.15) is 37.9 Å². The van der Waals surface area contributed by atoms with Crippen LogP contribution in [0.2, 0.25) is 0 Å². The van der Waals surface area contributed by atoms with Crippen molar-refractivity contribution in [3.05, 3.63) is 29.6 Å². The summed E-state index contributed by atoms with van der Waals surface area (Å²) in [5.41, 5.74) is 8.13. The van der Waals surface area contributed by atoms with E-state index in [1.54, 1.807) is 0 Å². The van der Waals surface area contributed by atoms with Crippen LogP contribution in [0.3, 0.4) is 0 Å². The molecule has 0 atom stereocenters. The van der Waals surface area contributed by atoms with Gasteiger partial charge in [-0.15, -0.1) is 0 Å². The van der Waals surface area contributed by atoms with E-state index in [2.05, 4.69) is 35.9 Å². The Morgan fingerprint density at radius 3 is 2.75 bits per heavy atom. The van der Waals surface area contributed by atoms with Gasteiger partial charge in [0.25, 0.3) is 0 Å². The third-order valence-corrected chi connectivity index (χ3v) is 3.55. The van der Waals surface area contributed by atoms with Crippen molar-refractivity contribution in [1.82, 2.24) is 9.88 Å². The molecule has 3 nitrogen and oxygen atoms in total. The van der Waals surface area contributed by atoms with Gasteiger partial charge in [0.2, 0.25) is 0 Å². The van der Waals surface area contributed by atoms with Gasteiger partial charge in [-0.2, -0.15) is 0 Å². The SMILES string of the molecule is CC1(C)CCCN1Cc1ccc(CN)cn1. The predicted molar refractivity (Wildman–Crippen MR) is 65.9 cm³/mol. The zero-order valence-electron chi connectivity index (χ0n) is 10.2. The van der Waals surface area contributed by atoms with Crippen LogP contribution in [0.4, 0.5) is 0 Å². The highest BCUT2D eigenvalue weighted by atomic mass is 15.2. The summed E-state index contributed by atoms with van der Waals surface area (Å²) in [4.78, 5) is 6.97. The van der Waals surface area contributed by atoms with Gasteiger partial charge < -0.3 is 5.73 Å². The lowest BCUT2D eigenvalue weighted by atomic mass is 10.0. The average molecular weight is 219 g/mol. The van der Waals surface area contributed by atoms with Crippen molar-refractivity contribution < 1.29 is 0 Å². The van der Waals surface area contributed by atoms with Crippen molar-refractivity contribution in [1.29, 1.82) is 0 Å². The van der Waals surface area contributed by atoms with Crippen molar-refractivity contribution in [3.8, 4) is 0 Å². The molecule has 1 aliphatic heterocycles. The summed E-state index contributed by atoms with van der Waals surface area (Å²) in [6, 6.07) is 4.17. The van der Waals surface area contributed by atoms with E-state index in [1.807, 2.05) is 6.20 Å². The van der Waals surface area contributed by atoms with Gasteiger partial charge in [0.15, 0.2) is 0 Å². The van der Waals surface area contributed by atoms with Gasteiger partial charge in [0.1, 0.15) is 0 Å². The molecule has 16 heavy (non-hydrogen) atoms. The van der Waals surface area contributed by atoms with Gasteiger partial charge in [-0.05, 0) is 44.9 Å². The zero-order chi connectivity index (χ0) is 11.6. The Balaban J connectivity index is 2.03. The van der Waals surface area contributed by atoms with E-state index in [0.29, 0.717) is 12.1 Å². The summed E-state index contributed by atoms with van der Waals surface area (Å²) < 4.78 is 0. The molecule has 0 bridgehead atoms. The van der Waals surface area contributed by atoms with Crippen LogP contribution < -0.4 is 5.73 Å². The number of nitrogens with two attached hydrogens (primary N) is 1. The molecular weight excluding hydrogens is 198 g/mol. The third kappa shape index (κ3) is 2.42. The number of rotatable bonds is 3. The van der Waals surface area contributed by atoms with Crippen molar-refractivity contribution >= 4 is 0 Å². The Morgan fingerprint density at radius 2 is 2.25 bits per heavy atom. The molecule has 3 heteroatoms. The maximum atomic E-state index is 5.56. The molecule has 1 aromatic heterocycles. The molecule has 1 aromatic rings. The Hall–Kier alpha value is -0.930. The van der Waals surface area contributed by atoms with Crippen LogP contribution in [0.25, 0.3) is 0 Å². The molecule has 0 spiro atoms. The number of pyridine rings is 1. The molecule has 0 saturated carbocycles. The largest absolute Gasteiger partial charge is 0.326 e. The summed E-state index contributed by atoms with van der Waals surface area (Å²) in [5, 5.41) is 0. The van der Waals surface area contributed by atoms with Gasteiger partial charge in [-0.1, -0.05) is 6.07 Å². The van der Waals surface area contributed by atoms with Crippen LogP contribution in [0.15, 0.2) is 18.3 Å². The Labute approximate surface area is 97.7 Å². The Bertz CT molecular complexity index is 343. The van der Waals surface area contributed by atoms with Crippen molar-refractivity contribution in [2.45, 2.75) is 45.3 Å². The number of aromatic nitrogens is 1. The first-order chi connectivity index (χ1) is 7.62. The lowest BCUT2D eigenvalue weighted by molar-refractivity contribution is 0.164. The van der Waals surface area contributed by atoms with Crippen LogP contribution in [0.5, 0.6) is 0 Å². The van der Waals surface area contributed by atoms with E-state index < -0.39 is 0 Å². The lowest BCUT2D eigenvalue weighted by Crippen LogP contribution is -2.37. The second-order valence-electron chi connectivity index (χ2n) is 5.20. The molecule has 2 heterocycles. The molecule has 0 amide bonds. The summed E-state index contributed by atoms with van der Waals surface area (Å²) in [6.07, 6.45) is 4.47. The van der Waals surface area contributed by atoms with Crippen LogP contribution in [-0.2, 0) is 13.1 Å². The average Bonchev–Trinajstić information content (AvgIpc) is 2.59. The normalized spacial score (nSPS) is 20.2. The molecule has 1 saturated heterocycles. The number of nitrogens with zero attached hydrogens (tertiary/aromatic N) is 2. The van der Waals surface area contributed by atoms with E-state index in [9.17, 15) is 0 Å². The minimum absolute atomic E-state index is 0.328. The van der Waals surface area contributed by atoms with Gasteiger partial charge in [0.05, 0.1) is 5.69 Å². The standard InChI is InChI=1S/C13H21N3/c1-13(2)6-3-7-16(13)10-12-5-4-11(8-14)9-15-12/h4-5,9H,3,6-8,10,14H2,1-2H3. The lowest BCUT2D eigenvalue weighted by Gasteiger charge is -2.31. The molecule has 0 radical (unpaired) electrons. The summed E-state index contributed by atoms with van der Waals surface area (Å²) in [5.74, 6) is 0. The monoisotopic (exact) mass is 219 g/mol. The van der Waals surface area contributed by atoms with Gasteiger partial charge >= 0.3 is 0 Å². The Kier molecular flexibility index (Phi) is 3.26. The first kappa shape index (κ1) is 11.6. The number of likely N-dealkylation sites (tertiary alicyclic amines) is 1. The predicted octanol–water partition coefficient (Wildman–Crippen LogP) is 1.91. The fourth-order valence-corrected chi connectivity index (χ4v) is 2.32. The van der Waals surface area contributed by atoms with Gasteiger partial charge in [0, 0.05) is 24.8 Å². The molecule has 0 unspecified atom stereocenters. The molecule has 88 valence electrons. The van der Waals surface area contributed by atoms with Crippen LogP contribution in [0, 0.1) is 0 Å². The van der Waals surface area contributed by atoms with E-state index in [4.69, 9.17) is 5.73 Å². The van der Waals surface area contributed by atoms with E-state index in [-0.39, 0.29) is 0 Å². The van der Waals surface area contributed by atoms with E-state index in [0.717, 1.165) is 17.8 Å². The number of hydrogen-bond acceptors (Lipinski definition) is 3. The fraction of sp³-hybridized carbons (Fsp3) is 0.615. The molecular formula is C13H21N3. The second kappa shape index (κ2) is 4.52. The number of hydrogen-bond donors (Lipinski definition) is 1. The second-order valence-corrected chi connectivity index (χ2v) is 5.20. The molecule has 1 aliphatic rings. The van der Waals surface area contributed by atoms with Crippen molar-refractivity contribution in [3.63, 3.8) is 0 Å². The summed E-state index contributed by atoms with van der Waals surface area (Å²) in [7, 11) is 0. The van der Waals surface area contributed by atoms with Gasteiger partial charge in [-0.3, -0.25) is 9.88 Å². The van der Waals surface area contributed by atoms with Crippen LogP contribution >= 0.6 is 0 Å². The minimum atomic E-state index is 0.328. The minimum Gasteiger partial charge on any atom is -0.326 e. The highest BCUT2D eigenvalue weighted by molar-refractivity contribution is 5.14. The first-order valence-electron chi connectivity index (χ1n) is 6.01. The third-order valence-electron chi connectivity index (χ3n) is 3.55.